The van der Waals surface area contributed by atoms with Crippen LogP contribution in [0.5, 0.6) is 0 Å². The molecule has 0 aromatic heterocycles. The van der Waals surface area contributed by atoms with Crippen LogP contribution in [0.3, 0.4) is 0 Å². The molecule has 2 nitrogen and oxygen atoms in total. The third-order valence-electron chi connectivity index (χ3n) is 1.37. The average molecular weight is 292 g/mol. The molecule has 0 bridgehead atoms. The van der Waals surface area contributed by atoms with Gasteiger partial charge in [-0.2, -0.15) is 0 Å². The lowest BCUT2D eigenvalue weighted by Crippen LogP contribution is -1.92. The van der Waals surface area contributed by atoms with Gasteiger partial charge in [0.2, 0.25) is 0 Å². The van der Waals surface area contributed by atoms with Gasteiger partial charge in [0.1, 0.15) is 5.82 Å². The van der Waals surface area contributed by atoms with E-state index in [1.807, 2.05) is 0 Å². The van der Waals surface area contributed by atoms with Gasteiger partial charge in [-0.1, -0.05) is 12.1 Å². The van der Waals surface area contributed by atoms with Gasteiger partial charge in [-0.3, -0.25) is 0 Å². The van der Waals surface area contributed by atoms with E-state index in [0.717, 1.165) is 0 Å². The predicted molar refractivity (Wildman–Crippen MR) is 56.0 cm³/mol. The fourth-order valence-electron chi connectivity index (χ4n) is 0.767. The summed E-state index contributed by atoms with van der Waals surface area (Å²) in [5, 5.41) is 8.55. The van der Waals surface area contributed by atoms with E-state index in [9.17, 15) is 9.18 Å². The highest BCUT2D eigenvalue weighted by Gasteiger charge is 2.01. The van der Waals surface area contributed by atoms with Crippen LogP contribution < -0.4 is 0 Å². The first-order chi connectivity index (χ1) is 6.09. The molecule has 0 saturated carbocycles. The highest BCUT2D eigenvalue weighted by Crippen LogP contribution is 2.13. The van der Waals surface area contributed by atoms with Gasteiger partial charge in [0.05, 0.1) is 3.58 Å². The molecule has 0 amide bonds. The Hall–Kier alpha value is -0.910. The van der Waals surface area contributed by atoms with Crippen LogP contribution in [0, 0.1) is 5.82 Å². The van der Waals surface area contributed by atoms with Crippen LogP contribution in [0.25, 0.3) is 6.08 Å². The number of benzene rings is 1. The van der Waals surface area contributed by atoms with Crippen molar-refractivity contribution in [3.05, 3.63) is 39.2 Å². The molecule has 0 aliphatic rings. The topological polar surface area (TPSA) is 37.3 Å². The van der Waals surface area contributed by atoms with Gasteiger partial charge in [-0.05, 0) is 46.4 Å². The van der Waals surface area contributed by atoms with Gasteiger partial charge in [-0.25, -0.2) is 9.18 Å². The lowest BCUT2D eigenvalue weighted by molar-refractivity contribution is -0.131. The summed E-state index contributed by atoms with van der Waals surface area (Å²) in [7, 11) is 0. The fourth-order valence-corrected chi connectivity index (χ4v) is 1.13. The molecule has 1 aromatic rings. The molecule has 0 atom stereocenters. The van der Waals surface area contributed by atoms with E-state index in [0.29, 0.717) is 5.56 Å². The molecule has 0 unspecified atom stereocenters. The lowest BCUT2D eigenvalue weighted by Gasteiger charge is -1.93. The minimum atomic E-state index is -0.982. The molecular weight excluding hydrogens is 286 g/mol. The van der Waals surface area contributed by atoms with Crippen molar-refractivity contribution in [2.75, 3.05) is 0 Å². The van der Waals surface area contributed by atoms with Crippen molar-refractivity contribution in [1.82, 2.24) is 0 Å². The molecule has 13 heavy (non-hydrogen) atoms. The molecule has 4 heteroatoms. The standard InChI is InChI=1S/C9H6FIO2/c10-7-3-1-6(2-4-7)5-8(11)9(12)13/h1-5H,(H,12,13). The number of carboxylic acids is 1. The maximum absolute atomic E-state index is 12.4. The summed E-state index contributed by atoms with van der Waals surface area (Å²) in [6.45, 7) is 0. The Bertz CT molecular complexity index is 343. The Morgan fingerprint density at radius 2 is 1.92 bits per heavy atom. The van der Waals surface area contributed by atoms with E-state index in [1.54, 1.807) is 22.6 Å². The van der Waals surface area contributed by atoms with E-state index in [4.69, 9.17) is 5.11 Å². The summed E-state index contributed by atoms with van der Waals surface area (Å²) in [5.74, 6) is -1.31. The summed E-state index contributed by atoms with van der Waals surface area (Å²) in [6, 6.07) is 5.63. The number of halogens is 2. The summed E-state index contributed by atoms with van der Waals surface area (Å²) >= 11 is 1.71. The second-order valence-electron chi connectivity index (χ2n) is 2.35. The summed E-state index contributed by atoms with van der Waals surface area (Å²) in [6.07, 6.45) is 1.47. The van der Waals surface area contributed by atoms with E-state index >= 15 is 0 Å². The van der Waals surface area contributed by atoms with E-state index < -0.39 is 5.97 Å². The first kappa shape index (κ1) is 10.2. The van der Waals surface area contributed by atoms with Crippen LogP contribution in [0.2, 0.25) is 0 Å². The van der Waals surface area contributed by atoms with Crippen LogP contribution in [-0.4, -0.2) is 11.1 Å². The number of hydrogen-bond acceptors (Lipinski definition) is 1. The molecule has 68 valence electrons. The molecule has 1 rings (SSSR count). The number of hydrogen-bond donors (Lipinski definition) is 1. The van der Waals surface area contributed by atoms with Gasteiger partial charge < -0.3 is 5.11 Å². The van der Waals surface area contributed by atoms with Crippen LogP contribution >= 0.6 is 22.6 Å². The molecule has 0 fully saturated rings. The fraction of sp³-hybridized carbons (Fsp3) is 0. The maximum atomic E-state index is 12.4. The Morgan fingerprint density at radius 1 is 1.38 bits per heavy atom. The van der Waals surface area contributed by atoms with Crippen molar-refractivity contribution >= 4 is 34.6 Å². The number of carbonyl (C=O) groups is 1. The van der Waals surface area contributed by atoms with Crippen molar-refractivity contribution in [3.63, 3.8) is 0 Å². The Balaban J connectivity index is 2.92. The van der Waals surface area contributed by atoms with Crippen LogP contribution in [0.15, 0.2) is 27.8 Å². The van der Waals surface area contributed by atoms with E-state index in [2.05, 4.69) is 0 Å². The van der Waals surface area contributed by atoms with Crippen LogP contribution in [0.4, 0.5) is 4.39 Å². The first-order valence-corrected chi connectivity index (χ1v) is 4.53. The second kappa shape index (κ2) is 4.36. The minimum Gasteiger partial charge on any atom is -0.477 e. The second-order valence-corrected chi connectivity index (χ2v) is 3.51. The highest BCUT2D eigenvalue weighted by molar-refractivity contribution is 14.1. The third-order valence-corrected chi connectivity index (χ3v) is 2.14. The van der Waals surface area contributed by atoms with Gasteiger partial charge in [0.25, 0.3) is 0 Å². The summed E-state index contributed by atoms with van der Waals surface area (Å²) < 4.78 is 12.6. The van der Waals surface area contributed by atoms with Crippen molar-refractivity contribution in [2.45, 2.75) is 0 Å². The van der Waals surface area contributed by atoms with Crippen molar-refractivity contribution < 1.29 is 14.3 Å². The zero-order chi connectivity index (χ0) is 9.84. The molecule has 0 radical (unpaired) electrons. The minimum absolute atomic E-state index is 0.198. The highest BCUT2D eigenvalue weighted by atomic mass is 127. The molecule has 1 aromatic carbocycles. The first-order valence-electron chi connectivity index (χ1n) is 3.45. The van der Waals surface area contributed by atoms with Crippen LogP contribution in [-0.2, 0) is 4.79 Å². The van der Waals surface area contributed by atoms with Gasteiger partial charge in [0, 0.05) is 0 Å². The number of carboxylic acid groups (broad SMARTS) is 1. The molecule has 0 spiro atoms. The smallest absolute Gasteiger partial charge is 0.341 e. The Kier molecular flexibility index (Phi) is 3.41. The molecular formula is C9H6FIO2. The van der Waals surface area contributed by atoms with Gasteiger partial charge in [-0.15, -0.1) is 0 Å². The lowest BCUT2D eigenvalue weighted by atomic mass is 10.2. The van der Waals surface area contributed by atoms with E-state index in [-0.39, 0.29) is 9.40 Å². The molecule has 0 aliphatic heterocycles. The summed E-state index contributed by atoms with van der Waals surface area (Å²) in [5.41, 5.74) is 0.674. The van der Waals surface area contributed by atoms with Crippen molar-refractivity contribution in [2.24, 2.45) is 0 Å². The van der Waals surface area contributed by atoms with Crippen LogP contribution in [0.1, 0.15) is 5.56 Å². The molecule has 0 saturated heterocycles. The Morgan fingerprint density at radius 3 is 2.38 bits per heavy atom. The van der Waals surface area contributed by atoms with Crippen molar-refractivity contribution in [1.29, 1.82) is 0 Å². The largest absolute Gasteiger partial charge is 0.477 e. The molecule has 0 aliphatic carbocycles. The number of aliphatic carboxylic acids is 1. The zero-order valence-corrected chi connectivity index (χ0v) is 8.66. The SMILES string of the molecule is O=C(O)C(I)=Cc1ccc(F)cc1. The molecule has 1 N–H and O–H groups in total. The molecule has 0 heterocycles. The zero-order valence-electron chi connectivity index (χ0n) is 6.50. The maximum Gasteiger partial charge on any atom is 0.341 e. The third kappa shape index (κ3) is 3.14. The predicted octanol–water partition coefficient (Wildman–Crippen LogP) is 2.69. The number of rotatable bonds is 2. The average Bonchev–Trinajstić information content (AvgIpc) is 2.08. The van der Waals surface area contributed by atoms with Gasteiger partial charge in [0.15, 0.2) is 0 Å². The summed E-state index contributed by atoms with van der Waals surface area (Å²) in [4.78, 5) is 10.4. The monoisotopic (exact) mass is 292 g/mol. The Labute approximate surface area is 88.2 Å². The quantitative estimate of drug-likeness (QED) is 0.672. The van der Waals surface area contributed by atoms with Gasteiger partial charge >= 0.3 is 5.97 Å². The van der Waals surface area contributed by atoms with E-state index in [1.165, 1.54) is 30.3 Å². The van der Waals surface area contributed by atoms with Crippen molar-refractivity contribution in [3.8, 4) is 0 Å². The normalized spacial score (nSPS) is 11.4.